The average molecular weight is 340 g/mol. The van der Waals surface area contributed by atoms with E-state index in [0.717, 1.165) is 38.6 Å². The van der Waals surface area contributed by atoms with Crippen LogP contribution in [0.25, 0.3) is 44.2 Å². The lowest BCUT2D eigenvalue weighted by Gasteiger charge is -2.03. The molecule has 0 saturated carbocycles. The summed E-state index contributed by atoms with van der Waals surface area (Å²) in [5, 5.41) is 13.7. The van der Waals surface area contributed by atoms with E-state index in [4.69, 9.17) is 0 Å². The number of rotatable bonds is 3. The van der Waals surface area contributed by atoms with Gasteiger partial charge in [-0.3, -0.25) is 0 Å². The highest BCUT2D eigenvalue weighted by Gasteiger charge is 2.17. The van der Waals surface area contributed by atoms with Crippen molar-refractivity contribution in [2.24, 2.45) is 0 Å². The highest BCUT2D eigenvalue weighted by atomic mass is 16.4. The Bertz CT molecular complexity index is 1270. The minimum absolute atomic E-state index is 0.0787. The van der Waals surface area contributed by atoms with E-state index < -0.39 is 5.97 Å². The molecule has 0 radical (unpaired) electrons. The third-order valence-electron chi connectivity index (χ3n) is 4.78. The van der Waals surface area contributed by atoms with Crippen LogP contribution in [0.4, 0.5) is 0 Å². The molecule has 0 aliphatic heterocycles. The highest BCUT2D eigenvalue weighted by molar-refractivity contribution is 6.04. The molecule has 5 aromatic rings. The molecule has 0 unspecified atom stereocenters. The van der Waals surface area contributed by atoms with Crippen molar-refractivity contribution in [3.63, 3.8) is 0 Å². The Labute approximate surface area is 148 Å². The SMILES string of the molecule is O=C([O-])c1[nH]c(-c2c[nH]c3ccccc23)cc1-c1c[nH]c2ccccc12. The van der Waals surface area contributed by atoms with Crippen LogP contribution >= 0.6 is 0 Å². The van der Waals surface area contributed by atoms with E-state index in [1.807, 2.05) is 67.0 Å². The van der Waals surface area contributed by atoms with Crippen LogP contribution in [0.2, 0.25) is 0 Å². The maximum atomic E-state index is 11.7. The molecule has 0 spiro atoms. The predicted molar refractivity (Wildman–Crippen MR) is 99.7 cm³/mol. The second-order valence-corrected chi connectivity index (χ2v) is 6.26. The molecule has 0 fully saturated rings. The van der Waals surface area contributed by atoms with Gasteiger partial charge in [0, 0.05) is 56.6 Å². The van der Waals surface area contributed by atoms with Crippen LogP contribution in [0.1, 0.15) is 10.5 Å². The number of carbonyl (C=O) groups excluding carboxylic acids is 1. The quantitative estimate of drug-likeness (QED) is 0.468. The number of H-pyrrole nitrogens is 3. The Hall–Kier alpha value is -3.73. The van der Waals surface area contributed by atoms with E-state index in [1.165, 1.54) is 0 Å². The van der Waals surface area contributed by atoms with Crippen molar-refractivity contribution in [2.45, 2.75) is 0 Å². The molecule has 126 valence electrons. The van der Waals surface area contributed by atoms with Gasteiger partial charge < -0.3 is 24.9 Å². The number of aromatic nitrogens is 3. The summed E-state index contributed by atoms with van der Waals surface area (Å²) in [4.78, 5) is 21.2. The molecule has 3 N–H and O–H groups in total. The van der Waals surface area contributed by atoms with Crippen LogP contribution in [-0.2, 0) is 0 Å². The van der Waals surface area contributed by atoms with Crippen LogP contribution in [0, 0.1) is 0 Å². The molecule has 0 amide bonds. The van der Waals surface area contributed by atoms with Crippen molar-refractivity contribution in [3.05, 3.63) is 72.7 Å². The number of hydrogen-bond acceptors (Lipinski definition) is 2. The van der Waals surface area contributed by atoms with Crippen molar-refractivity contribution in [2.75, 3.05) is 0 Å². The number of benzene rings is 2. The lowest BCUT2D eigenvalue weighted by Crippen LogP contribution is -2.23. The fraction of sp³-hybridized carbons (Fsp3) is 0. The summed E-state index contributed by atoms with van der Waals surface area (Å²) in [5.74, 6) is -1.23. The van der Waals surface area contributed by atoms with E-state index in [0.29, 0.717) is 5.56 Å². The topological polar surface area (TPSA) is 87.5 Å². The van der Waals surface area contributed by atoms with Crippen LogP contribution < -0.4 is 5.11 Å². The second kappa shape index (κ2) is 5.39. The molecule has 5 rings (SSSR count). The first-order valence-electron chi connectivity index (χ1n) is 8.29. The zero-order valence-electron chi connectivity index (χ0n) is 13.7. The Morgan fingerprint density at radius 1 is 0.769 bits per heavy atom. The molecule has 0 aliphatic carbocycles. The zero-order chi connectivity index (χ0) is 17.7. The molecule has 5 heteroatoms. The van der Waals surface area contributed by atoms with Gasteiger partial charge in [-0.1, -0.05) is 36.4 Å². The minimum atomic E-state index is -1.23. The van der Waals surface area contributed by atoms with Gasteiger partial charge in [0.2, 0.25) is 0 Å². The number of fused-ring (bicyclic) bond motifs is 2. The first-order chi connectivity index (χ1) is 12.7. The van der Waals surface area contributed by atoms with Crippen molar-refractivity contribution in [1.29, 1.82) is 0 Å². The van der Waals surface area contributed by atoms with E-state index in [2.05, 4.69) is 15.0 Å². The normalized spacial score (nSPS) is 11.4. The van der Waals surface area contributed by atoms with Gasteiger partial charge in [0.05, 0.1) is 11.7 Å². The number of nitrogens with one attached hydrogen (secondary N) is 3. The van der Waals surface area contributed by atoms with Gasteiger partial charge in [-0.15, -0.1) is 0 Å². The maximum Gasteiger partial charge on any atom is 0.0884 e. The van der Waals surface area contributed by atoms with E-state index >= 15 is 0 Å². The molecular weight excluding hydrogens is 326 g/mol. The monoisotopic (exact) mass is 340 g/mol. The largest absolute Gasteiger partial charge is 0.543 e. The van der Waals surface area contributed by atoms with Gasteiger partial charge >= 0.3 is 0 Å². The van der Waals surface area contributed by atoms with Crippen LogP contribution in [-0.4, -0.2) is 20.9 Å². The van der Waals surface area contributed by atoms with Crippen molar-refractivity contribution < 1.29 is 9.90 Å². The Balaban J connectivity index is 1.75. The van der Waals surface area contributed by atoms with Gasteiger partial charge in [0.15, 0.2) is 0 Å². The van der Waals surface area contributed by atoms with Crippen LogP contribution in [0.5, 0.6) is 0 Å². The Morgan fingerprint density at radius 2 is 1.35 bits per heavy atom. The predicted octanol–water partition coefficient (Wildman–Crippen LogP) is 3.67. The minimum Gasteiger partial charge on any atom is -0.543 e. The number of carboxylic acid groups (broad SMARTS) is 1. The Kier molecular flexibility index (Phi) is 3.03. The number of hydrogen-bond donors (Lipinski definition) is 3. The van der Waals surface area contributed by atoms with Gasteiger partial charge in [-0.2, -0.15) is 0 Å². The van der Waals surface area contributed by atoms with Crippen LogP contribution in [0.3, 0.4) is 0 Å². The fourth-order valence-electron chi connectivity index (χ4n) is 3.56. The molecule has 0 aliphatic rings. The van der Waals surface area contributed by atoms with E-state index in [9.17, 15) is 9.90 Å². The molecule has 0 saturated heterocycles. The summed E-state index contributed by atoms with van der Waals surface area (Å²) >= 11 is 0. The standard InChI is InChI=1S/C21H15N3O2/c25-21(26)20-14(15-10-22-17-7-3-1-5-12(15)17)9-19(24-20)16-11-23-18-8-4-2-6-13(16)18/h1-11,22-24H,(H,25,26)/p-1. The highest BCUT2D eigenvalue weighted by Crippen LogP contribution is 2.36. The lowest BCUT2D eigenvalue weighted by atomic mass is 10.0. The molecule has 3 heterocycles. The smallest absolute Gasteiger partial charge is 0.0884 e. The van der Waals surface area contributed by atoms with Gasteiger partial charge in [0.25, 0.3) is 0 Å². The molecule has 0 atom stereocenters. The summed E-state index contributed by atoms with van der Waals surface area (Å²) < 4.78 is 0. The number of para-hydroxylation sites is 2. The molecule has 26 heavy (non-hydrogen) atoms. The third-order valence-corrected chi connectivity index (χ3v) is 4.78. The first kappa shape index (κ1) is 14.6. The Morgan fingerprint density at radius 3 is 2.00 bits per heavy atom. The summed E-state index contributed by atoms with van der Waals surface area (Å²) in [6, 6.07) is 17.6. The lowest BCUT2D eigenvalue weighted by molar-refractivity contribution is -0.255. The number of carbonyl (C=O) groups is 1. The number of aromatic carboxylic acids is 1. The van der Waals surface area contributed by atoms with Crippen molar-refractivity contribution in [3.8, 4) is 22.4 Å². The second-order valence-electron chi connectivity index (χ2n) is 6.26. The van der Waals surface area contributed by atoms with E-state index in [1.54, 1.807) is 0 Å². The number of aromatic amines is 3. The van der Waals surface area contributed by atoms with Gasteiger partial charge in [0.1, 0.15) is 0 Å². The van der Waals surface area contributed by atoms with Gasteiger partial charge in [-0.25, -0.2) is 0 Å². The summed E-state index contributed by atoms with van der Waals surface area (Å²) in [5.41, 5.74) is 5.15. The van der Waals surface area contributed by atoms with Crippen LogP contribution in [0.15, 0.2) is 67.0 Å². The molecule has 2 aromatic carbocycles. The zero-order valence-corrected chi connectivity index (χ0v) is 13.7. The first-order valence-corrected chi connectivity index (χ1v) is 8.29. The summed E-state index contributed by atoms with van der Waals surface area (Å²) in [7, 11) is 0. The summed E-state index contributed by atoms with van der Waals surface area (Å²) in [6.45, 7) is 0. The molecule has 5 nitrogen and oxygen atoms in total. The molecular formula is C21H14N3O2-. The maximum absolute atomic E-state index is 11.7. The van der Waals surface area contributed by atoms with E-state index in [-0.39, 0.29) is 5.69 Å². The van der Waals surface area contributed by atoms with Gasteiger partial charge in [-0.05, 0) is 18.2 Å². The average Bonchev–Trinajstić information content (AvgIpc) is 3.36. The molecule has 0 bridgehead atoms. The molecule has 3 aromatic heterocycles. The fourth-order valence-corrected chi connectivity index (χ4v) is 3.56. The third kappa shape index (κ3) is 2.07. The summed E-state index contributed by atoms with van der Waals surface area (Å²) in [6.07, 6.45) is 3.72. The van der Waals surface area contributed by atoms with Crippen molar-refractivity contribution in [1.82, 2.24) is 15.0 Å². The van der Waals surface area contributed by atoms with Crippen molar-refractivity contribution >= 4 is 27.8 Å². The number of carboxylic acids is 1.